The van der Waals surface area contributed by atoms with E-state index in [1.165, 1.54) is 6.07 Å². The van der Waals surface area contributed by atoms with Crippen molar-refractivity contribution in [1.29, 1.82) is 0 Å². The predicted octanol–water partition coefficient (Wildman–Crippen LogP) is 4.99. The number of benzene rings is 2. The van der Waals surface area contributed by atoms with E-state index in [-0.39, 0.29) is 0 Å². The highest BCUT2D eigenvalue weighted by Gasteiger charge is 2.30. The third kappa shape index (κ3) is 3.20. The van der Waals surface area contributed by atoms with Crippen LogP contribution in [0.5, 0.6) is 5.75 Å². The molecular formula is C14H10F3IO. The Kier molecular flexibility index (Phi) is 4.03. The Bertz CT molecular complexity index is 593. The van der Waals surface area contributed by atoms with Crippen molar-refractivity contribution in [3.05, 3.63) is 51.6 Å². The standard InChI is InChI=1S/C14H10F3IO/c1-19-11-5-6-12(13(18)8-11)9-3-2-4-10(7-9)14(15,16)17/h2-8H,1H3. The highest BCUT2D eigenvalue weighted by atomic mass is 127. The molecule has 0 saturated heterocycles. The van der Waals surface area contributed by atoms with Crippen molar-refractivity contribution in [2.45, 2.75) is 6.18 Å². The van der Waals surface area contributed by atoms with Gasteiger partial charge >= 0.3 is 6.18 Å². The molecule has 0 fully saturated rings. The van der Waals surface area contributed by atoms with Crippen LogP contribution in [-0.4, -0.2) is 7.11 Å². The minimum atomic E-state index is -4.33. The second-order valence-electron chi connectivity index (χ2n) is 3.92. The number of methoxy groups -OCH3 is 1. The highest BCUT2D eigenvalue weighted by Crippen LogP contribution is 2.34. The molecule has 2 aromatic carbocycles. The molecule has 0 radical (unpaired) electrons. The molecule has 1 nitrogen and oxygen atoms in total. The summed E-state index contributed by atoms with van der Waals surface area (Å²) in [5.74, 6) is 0.681. The van der Waals surface area contributed by atoms with Crippen LogP contribution in [-0.2, 0) is 6.18 Å². The molecule has 0 aliphatic rings. The third-order valence-electron chi connectivity index (χ3n) is 2.68. The van der Waals surface area contributed by atoms with E-state index in [1.54, 1.807) is 31.4 Å². The van der Waals surface area contributed by atoms with Crippen molar-refractivity contribution >= 4 is 22.6 Å². The summed E-state index contributed by atoms with van der Waals surface area (Å²) in [7, 11) is 1.55. The average molecular weight is 378 g/mol. The van der Waals surface area contributed by atoms with E-state index in [1.807, 2.05) is 0 Å². The van der Waals surface area contributed by atoms with Gasteiger partial charge in [-0.1, -0.05) is 12.1 Å². The summed E-state index contributed by atoms with van der Waals surface area (Å²) in [6.45, 7) is 0. The average Bonchev–Trinajstić information content (AvgIpc) is 2.37. The first-order valence-corrected chi connectivity index (χ1v) is 6.51. The minimum Gasteiger partial charge on any atom is -0.497 e. The summed E-state index contributed by atoms with van der Waals surface area (Å²) >= 11 is 2.08. The molecule has 5 heteroatoms. The highest BCUT2D eigenvalue weighted by molar-refractivity contribution is 14.1. The van der Waals surface area contributed by atoms with Crippen molar-refractivity contribution < 1.29 is 17.9 Å². The van der Waals surface area contributed by atoms with Crippen LogP contribution < -0.4 is 4.74 Å². The van der Waals surface area contributed by atoms with E-state index in [2.05, 4.69) is 22.6 Å². The fourth-order valence-corrected chi connectivity index (χ4v) is 2.52. The monoisotopic (exact) mass is 378 g/mol. The van der Waals surface area contributed by atoms with Gasteiger partial charge in [0.05, 0.1) is 12.7 Å². The molecule has 100 valence electrons. The molecule has 0 heterocycles. The molecule has 0 aromatic heterocycles. The zero-order valence-corrected chi connectivity index (χ0v) is 12.1. The van der Waals surface area contributed by atoms with Crippen LogP contribution in [0.2, 0.25) is 0 Å². The normalized spacial score (nSPS) is 11.4. The third-order valence-corrected chi connectivity index (χ3v) is 3.57. The first-order chi connectivity index (χ1) is 8.91. The zero-order chi connectivity index (χ0) is 14.0. The Hall–Kier alpha value is -1.24. The van der Waals surface area contributed by atoms with Gasteiger partial charge < -0.3 is 4.74 Å². The molecule has 0 unspecified atom stereocenters. The van der Waals surface area contributed by atoms with E-state index >= 15 is 0 Å². The van der Waals surface area contributed by atoms with Crippen LogP contribution in [0, 0.1) is 3.57 Å². The Morgan fingerprint density at radius 2 is 1.79 bits per heavy atom. The Balaban J connectivity index is 2.48. The van der Waals surface area contributed by atoms with Gasteiger partial charge in [-0.25, -0.2) is 0 Å². The first-order valence-electron chi connectivity index (χ1n) is 5.43. The Morgan fingerprint density at radius 3 is 2.37 bits per heavy atom. The van der Waals surface area contributed by atoms with E-state index in [0.29, 0.717) is 11.3 Å². The van der Waals surface area contributed by atoms with Gasteiger partial charge in [-0.15, -0.1) is 0 Å². The SMILES string of the molecule is COc1ccc(-c2cccc(C(F)(F)F)c2)c(I)c1. The van der Waals surface area contributed by atoms with Crippen LogP contribution in [0.3, 0.4) is 0 Å². The van der Waals surface area contributed by atoms with Crippen LogP contribution in [0.4, 0.5) is 13.2 Å². The van der Waals surface area contributed by atoms with Gasteiger partial charge in [0.2, 0.25) is 0 Å². The van der Waals surface area contributed by atoms with Gasteiger partial charge in [0, 0.05) is 3.57 Å². The fraction of sp³-hybridized carbons (Fsp3) is 0.143. The molecule has 0 aliphatic heterocycles. The molecule has 0 saturated carbocycles. The lowest BCUT2D eigenvalue weighted by molar-refractivity contribution is -0.137. The molecule has 0 N–H and O–H groups in total. The topological polar surface area (TPSA) is 9.23 Å². The summed E-state index contributed by atoms with van der Waals surface area (Å²) in [6.07, 6.45) is -4.33. The summed E-state index contributed by atoms with van der Waals surface area (Å²) in [5, 5.41) is 0. The molecule has 0 atom stereocenters. The number of hydrogen-bond donors (Lipinski definition) is 0. The second-order valence-corrected chi connectivity index (χ2v) is 5.09. The fourth-order valence-electron chi connectivity index (χ4n) is 1.72. The van der Waals surface area contributed by atoms with E-state index in [0.717, 1.165) is 21.3 Å². The predicted molar refractivity (Wildman–Crippen MR) is 76.1 cm³/mol. The maximum absolute atomic E-state index is 12.7. The van der Waals surface area contributed by atoms with Gasteiger partial charge in [0.1, 0.15) is 5.75 Å². The van der Waals surface area contributed by atoms with Crippen molar-refractivity contribution in [3.8, 4) is 16.9 Å². The first kappa shape index (κ1) is 14.2. The molecule has 0 spiro atoms. The lowest BCUT2D eigenvalue weighted by Gasteiger charge is -2.11. The molecule has 0 amide bonds. The number of alkyl halides is 3. The van der Waals surface area contributed by atoms with Gasteiger partial charge in [0.25, 0.3) is 0 Å². The number of hydrogen-bond acceptors (Lipinski definition) is 1. The number of ether oxygens (including phenoxy) is 1. The second kappa shape index (κ2) is 5.40. The smallest absolute Gasteiger partial charge is 0.416 e. The Morgan fingerprint density at radius 1 is 1.05 bits per heavy atom. The number of halogens is 4. The van der Waals surface area contributed by atoms with Crippen molar-refractivity contribution in [2.24, 2.45) is 0 Å². The van der Waals surface area contributed by atoms with E-state index in [9.17, 15) is 13.2 Å². The van der Waals surface area contributed by atoms with Gasteiger partial charge in [0.15, 0.2) is 0 Å². The van der Waals surface area contributed by atoms with E-state index in [4.69, 9.17) is 4.74 Å². The Labute approximate surface area is 122 Å². The molecule has 2 aromatic rings. The van der Waals surface area contributed by atoms with Crippen molar-refractivity contribution in [2.75, 3.05) is 7.11 Å². The summed E-state index contributed by atoms with van der Waals surface area (Å²) in [4.78, 5) is 0. The molecule has 0 aliphatic carbocycles. The van der Waals surface area contributed by atoms with Crippen LogP contribution >= 0.6 is 22.6 Å². The lowest BCUT2D eigenvalue weighted by Crippen LogP contribution is -2.04. The van der Waals surface area contributed by atoms with Crippen molar-refractivity contribution in [1.82, 2.24) is 0 Å². The minimum absolute atomic E-state index is 0.543. The molecular weight excluding hydrogens is 368 g/mol. The van der Waals surface area contributed by atoms with Crippen LogP contribution in [0.1, 0.15) is 5.56 Å². The quantitative estimate of drug-likeness (QED) is 0.670. The van der Waals surface area contributed by atoms with Gasteiger partial charge in [-0.3, -0.25) is 0 Å². The maximum Gasteiger partial charge on any atom is 0.416 e. The zero-order valence-electron chi connectivity index (χ0n) is 9.96. The maximum atomic E-state index is 12.7. The van der Waals surface area contributed by atoms with Crippen molar-refractivity contribution in [3.63, 3.8) is 0 Å². The summed E-state index contributed by atoms with van der Waals surface area (Å²) in [6, 6.07) is 10.6. The number of rotatable bonds is 2. The van der Waals surface area contributed by atoms with Gasteiger partial charge in [-0.2, -0.15) is 13.2 Å². The largest absolute Gasteiger partial charge is 0.497 e. The molecule has 19 heavy (non-hydrogen) atoms. The summed E-state index contributed by atoms with van der Waals surface area (Å²) in [5.41, 5.74) is 0.658. The lowest BCUT2D eigenvalue weighted by atomic mass is 10.0. The molecule has 0 bridgehead atoms. The molecule has 2 rings (SSSR count). The van der Waals surface area contributed by atoms with Gasteiger partial charge in [-0.05, 0) is 64.0 Å². The van der Waals surface area contributed by atoms with E-state index < -0.39 is 11.7 Å². The van der Waals surface area contributed by atoms with Crippen LogP contribution in [0.15, 0.2) is 42.5 Å². The summed E-state index contributed by atoms with van der Waals surface area (Å²) < 4.78 is 44.0. The van der Waals surface area contributed by atoms with Crippen LogP contribution in [0.25, 0.3) is 11.1 Å².